The molecular weight excluding hydrogens is 98.1 g/mol. The van der Waals surface area contributed by atoms with Crippen LogP contribution in [0.2, 0.25) is 0 Å². The Morgan fingerprint density at radius 2 is 2.00 bits per heavy atom. The van der Waals surface area contributed by atoms with Crippen molar-refractivity contribution in [1.82, 2.24) is 0 Å². The van der Waals surface area contributed by atoms with Crippen LogP contribution >= 0.6 is 0 Å². The highest BCUT2D eigenvalue weighted by atomic mass is 14.3. The molecule has 0 spiro atoms. The second-order valence-corrected chi connectivity index (χ2v) is 2.75. The van der Waals surface area contributed by atoms with E-state index in [1.807, 2.05) is 13.8 Å². The lowest BCUT2D eigenvalue weighted by molar-refractivity contribution is 0.446. The fourth-order valence-corrected chi connectivity index (χ4v) is 0.681. The molecule has 0 aliphatic heterocycles. The van der Waals surface area contributed by atoms with Crippen LogP contribution in [0.1, 0.15) is 33.6 Å². The van der Waals surface area contributed by atoms with Gasteiger partial charge in [-0.05, 0) is 20.3 Å². The summed E-state index contributed by atoms with van der Waals surface area (Å²) in [6, 6.07) is 2.24. The maximum atomic E-state index is 8.48. The summed E-state index contributed by atoms with van der Waals surface area (Å²) < 4.78 is 0. The first kappa shape index (κ1) is 7.49. The van der Waals surface area contributed by atoms with Crippen LogP contribution in [0.4, 0.5) is 0 Å². The summed E-state index contributed by atoms with van der Waals surface area (Å²) in [4.78, 5) is 0. The maximum absolute atomic E-state index is 8.48. The summed E-state index contributed by atoms with van der Waals surface area (Å²) in [5.41, 5.74) is -0.102. The standard InChI is InChI=1S/C7H13N/c1-4-5-7(2,3)6-8/h4-5H2,1-3H3. The van der Waals surface area contributed by atoms with E-state index in [1.54, 1.807) is 0 Å². The quantitative estimate of drug-likeness (QED) is 0.536. The Kier molecular flexibility index (Phi) is 2.54. The molecule has 0 unspecified atom stereocenters. The molecular formula is C7H13N. The van der Waals surface area contributed by atoms with Gasteiger partial charge in [0, 0.05) is 0 Å². The van der Waals surface area contributed by atoms with Crippen molar-refractivity contribution in [3.05, 3.63) is 0 Å². The van der Waals surface area contributed by atoms with Gasteiger partial charge in [-0.15, -0.1) is 0 Å². The van der Waals surface area contributed by atoms with Crippen molar-refractivity contribution in [2.24, 2.45) is 5.41 Å². The highest BCUT2D eigenvalue weighted by Crippen LogP contribution is 2.19. The fraction of sp³-hybridized carbons (Fsp3) is 0.857. The third kappa shape index (κ3) is 2.63. The van der Waals surface area contributed by atoms with Gasteiger partial charge in [0.25, 0.3) is 0 Å². The predicted molar refractivity (Wildman–Crippen MR) is 34.3 cm³/mol. The van der Waals surface area contributed by atoms with Gasteiger partial charge in [-0.1, -0.05) is 13.3 Å². The van der Waals surface area contributed by atoms with Gasteiger partial charge in [-0.3, -0.25) is 0 Å². The molecule has 0 aliphatic rings. The minimum absolute atomic E-state index is 0.102. The Labute approximate surface area is 51.3 Å². The van der Waals surface area contributed by atoms with Crippen LogP contribution in [-0.2, 0) is 0 Å². The topological polar surface area (TPSA) is 23.8 Å². The molecule has 0 aromatic carbocycles. The number of hydrogen-bond acceptors (Lipinski definition) is 1. The predicted octanol–water partition coefficient (Wildman–Crippen LogP) is 2.34. The molecule has 0 rings (SSSR count). The van der Waals surface area contributed by atoms with Crippen molar-refractivity contribution >= 4 is 0 Å². The largest absolute Gasteiger partial charge is 0.198 e. The van der Waals surface area contributed by atoms with Crippen molar-refractivity contribution in [1.29, 1.82) is 5.26 Å². The lowest BCUT2D eigenvalue weighted by Gasteiger charge is -2.11. The van der Waals surface area contributed by atoms with Crippen LogP contribution in [0.5, 0.6) is 0 Å². The van der Waals surface area contributed by atoms with Gasteiger partial charge < -0.3 is 0 Å². The number of nitrogens with zero attached hydrogens (tertiary/aromatic N) is 1. The van der Waals surface area contributed by atoms with E-state index < -0.39 is 0 Å². The Balaban J connectivity index is 3.59. The lowest BCUT2D eigenvalue weighted by Crippen LogP contribution is -2.05. The van der Waals surface area contributed by atoms with Gasteiger partial charge in [-0.25, -0.2) is 0 Å². The Morgan fingerprint density at radius 1 is 1.50 bits per heavy atom. The third-order valence-electron chi connectivity index (χ3n) is 1.18. The third-order valence-corrected chi connectivity index (χ3v) is 1.18. The zero-order chi connectivity index (χ0) is 6.62. The molecule has 0 atom stereocenters. The molecule has 0 radical (unpaired) electrons. The van der Waals surface area contributed by atoms with Crippen LogP contribution in [0.25, 0.3) is 0 Å². The van der Waals surface area contributed by atoms with Gasteiger partial charge in [-0.2, -0.15) is 5.26 Å². The highest BCUT2D eigenvalue weighted by molar-refractivity contribution is 4.90. The smallest absolute Gasteiger partial charge is 0.0683 e. The molecule has 0 saturated heterocycles. The molecule has 1 nitrogen and oxygen atoms in total. The van der Waals surface area contributed by atoms with Gasteiger partial charge in [0.05, 0.1) is 11.5 Å². The minimum atomic E-state index is -0.102. The molecule has 0 aliphatic carbocycles. The molecule has 8 heavy (non-hydrogen) atoms. The molecule has 1 heteroatoms. The van der Waals surface area contributed by atoms with E-state index >= 15 is 0 Å². The molecule has 0 saturated carbocycles. The average Bonchev–Trinajstić information content (AvgIpc) is 1.67. The second-order valence-electron chi connectivity index (χ2n) is 2.75. The monoisotopic (exact) mass is 111 g/mol. The molecule has 0 aromatic rings. The second kappa shape index (κ2) is 2.71. The first-order chi connectivity index (χ1) is 3.62. The number of rotatable bonds is 2. The molecule has 0 heterocycles. The number of hydrogen-bond donors (Lipinski definition) is 0. The average molecular weight is 111 g/mol. The van der Waals surface area contributed by atoms with Crippen LogP contribution in [0, 0.1) is 16.7 Å². The Bertz CT molecular complexity index is 97.4. The van der Waals surface area contributed by atoms with E-state index in [4.69, 9.17) is 5.26 Å². The summed E-state index contributed by atoms with van der Waals surface area (Å²) in [5, 5.41) is 8.48. The van der Waals surface area contributed by atoms with E-state index in [9.17, 15) is 0 Å². The molecule has 46 valence electrons. The number of nitriles is 1. The molecule has 0 amide bonds. The Hall–Kier alpha value is -0.510. The fourth-order valence-electron chi connectivity index (χ4n) is 0.681. The molecule has 0 N–H and O–H groups in total. The molecule has 0 bridgehead atoms. The Morgan fingerprint density at radius 3 is 2.12 bits per heavy atom. The van der Waals surface area contributed by atoms with Crippen molar-refractivity contribution in [2.45, 2.75) is 33.6 Å². The van der Waals surface area contributed by atoms with Crippen LogP contribution in [-0.4, -0.2) is 0 Å². The summed E-state index contributed by atoms with van der Waals surface area (Å²) in [6.45, 7) is 6.03. The maximum Gasteiger partial charge on any atom is 0.0683 e. The lowest BCUT2D eigenvalue weighted by atomic mass is 9.90. The zero-order valence-electron chi connectivity index (χ0n) is 5.86. The zero-order valence-corrected chi connectivity index (χ0v) is 5.86. The van der Waals surface area contributed by atoms with E-state index in [2.05, 4.69) is 13.0 Å². The van der Waals surface area contributed by atoms with Crippen molar-refractivity contribution in [3.8, 4) is 6.07 Å². The summed E-state index contributed by atoms with van der Waals surface area (Å²) in [6.07, 6.45) is 2.10. The summed E-state index contributed by atoms with van der Waals surface area (Å²) in [7, 11) is 0. The van der Waals surface area contributed by atoms with E-state index in [-0.39, 0.29) is 5.41 Å². The minimum Gasteiger partial charge on any atom is -0.198 e. The van der Waals surface area contributed by atoms with Gasteiger partial charge in [0.15, 0.2) is 0 Å². The van der Waals surface area contributed by atoms with Crippen LogP contribution in [0.3, 0.4) is 0 Å². The molecule has 0 fully saturated rings. The van der Waals surface area contributed by atoms with Crippen LogP contribution in [0.15, 0.2) is 0 Å². The van der Waals surface area contributed by atoms with Crippen LogP contribution < -0.4 is 0 Å². The van der Waals surface area contributed by atoms with Gasteiger partial charge in [0.2, 0.25) is 0 Å². The van der Waals surface area contributed by atoms with E-state index in [1.165, 1.54) is 0 Å². The van der Waals surface area contributed by atoms with E-state index in [0.717, 1.165) is 12.8 Å². The molecule has 0 aromatic heterocycles. The summed E-state index contributed by atoms with van der Waals surface area (Å²) in [5.74, 6) is 0. The first-order valence-electron chi connectivity index (χ1n) is 3.03. The van der Waals surface area contributed by atoms with Crippen molar-refractivity contribution in [2.75, 3.05) is 0 Å². The SMILES string of the molecule is CCCC(C)(C)C#N. The summed E-state index contributed by atoms with van der Waals surface area (Å²) >= 11 is 0. The van der Waals surface area contributed by atoms with Crippen molar-refractivity contribution < 1.29 is 0 Å². The highest BCUT2D eigenvalue weighted by Gasteiger charge is 2.13. The van der Waals surface area contributed by atoms with E-state index in [0.29, 0.717) is 0 Å². The van der Waals surface area contributed by atoms with Crippen molar-refractivity contribution in [3.63, 3.8) is 0 Å². The first-order valence-corrected chi connectivity index (χ1v) is 3.03. The van der Waals surface area contributed by atoms with Gasteiger partial charge in [0.1, 0.15) is 0 Å². The van der Waals surface area contributed by atoms with Gasteiger partial charge >= 0.3 is 0 Å². The normalized spacial score (nSPS) is 10.8.